The van der Waals surface area contributed by atoms with Crippen LogP contribution < -0.4 is 5.32 Å². The van der Waals surface area contributed by atoms with Crippen molar-refractivity contribution in [1.82, 2.24) is 5.32 Å². The van der Waals surface area contributed by atoms with Gasteiger partial charge in [0, 0.05) is 17.8 Å². The van der Waals surface area contributed by atoms with Gasteiger partial charge in [0.15, 0.2) is 0 Å². The van der Waals surface area contributed by atoms with Crippen LogP contribution in [-0.4, -0.2) is 0 Å². The number of nitrogens with one attached hydrogen (secondary N) is 1. The summed E-state index contributed by atoms with van der Waals surface area (Å²) in [4.78, 5) is 0. The summed E-state index contributed by atoms with van der Waals surface area (Å²) < 4.78 is 0. The Kier molecular flexibility index (Phi) is 3.30. The zero-order chi connectivity index (χ0) is 12.3. The quantitative estimate of drug-likeness (QED) is 0.835. The van der Waals surface area contributed by atoms with Gasteiger partial charge in [-0.3, -0.25) is 0 Å². The van der Waals surface area contributed by atoms with Crippen LogP contribution in [0.2, 0.25) is 0 Å². The molecule has 0 spiro atoms. The maximum absolute atomic E-state index is 9.09. The molecule has 2 heteroatoms. The van der Waals surface area contributed by atoms with Crippen LogP contribution in [0.15, 0.2) is 47.7 Å². The zero-order valence-electron chi connectivity index (χ0n) is 10.2. The Labute approximate surface area is 102 Å². The Morgan fingerprint density at radius 1 is 1.24 bits per heavy atom. The number of nitrogens with zero attached hydrogens (tertiary/aromatic N) is 1. The fourth-order valence-corrected chi connectivity index (χ4v) is 1.99. The Balaban J connectivity index is 2.28. The van der Waals surface area contributed by atoms with Crippen molar-refractivity contribution in [3.8, 4) is 6.07 Å². The molecule has 0 saturated heterocycles. The standard InChI is InChI=1S/C15H16N2/c1-11(2)15-13(10-16)8-9-14(17-15)12-6-4-3-5-7-12/h3-7,9,11,17H,8H2,1-2H3. The number of benzene rings is 1. The van der Waals surface area contributed by atoms with Gasteiger partial charge in [-0.15, -0.1) is 0 Å². The van der Waals surface area contributed by atoms with Gasteiger partial charge >= 0.3 is 0 Å². The summed E-state index contributed by atoms with van der Waals surface area (Å²) in [7, 11) is 0. The molecule has 1 aliphatic heterocycles. The first-order valence-electron chi connectivity index (χ1n) is 5.88. The van der Waals surface area contributed by atoms with Gasteiger partial charge in [0.25, 0.3) is 0 Å². The summed E-state index contributed by atoms with van der Waals surface area (Å²) in [6, 6.07) is 12.5. The topological polar surface area (TPSA) is 35.8 Å². The van der Waals surface area contributed by atoms with Crippen molar-refractivity contribution >= 4 is 5.70 Å². The maximum Gasteiger partial charge on any atom is 0.0968 e. The molecule has 1 heterocycles. The second kappa shape index (κ2) is 4.88. The summed E-state index contributed by atoms with van der Waals surface area (Å²) in [6.45, 7) is 4.21. The van der Waals surface area contributed by atoms with Crippen molar-refractivity contribution in [3.63, 3.8) is 0 Å². The largest absolute Gasteiger partial charge is 0.358 e. The number of dihydropyridines is 1. The normalized spacial score (nSPS) is 15.3. The lowest BCUT2D eigenvalue weighted by Gasteiger charge is -2.23. The molecule has 1 N–H and O–H groups in total. The lowest BCUT2D eigenvalue weighted by molar-refractivity contribution is 0.701. The minimum absolute atomic E-state index is 0.345. The predicted molar refractivity (Wildman–Crippen MR) is 69.6 cm³/mol. The van der Waals surface area contributed by atoms with Crippen LogP contribution in [0.3, 0.4) is 0 Å². The van der Waals surface area contributed by atoms with E-state index in [1.807, 2.05) is 18.2 Å². The molecule has 0 amide bonds. The molecule has 0 saturated carbocycles. The highest BCUT2D eigenvalue weighted by molar-refractivity contribution is 5.68. The third-order valence-electron chi connectivity index (χ3n) is 2.90. The van der Waals surface area contributed by atoms with Gasteiger partial charge in [0.1, 0.15) is 0 Å². The zero-order valence-corrected chi connectivity index (χ0v) is 10.2. The first-order valence-corrected chi connectivity index (χ1v) is 5.88. The SMILES string of the molecule is CC(C)C1=C(C#N)CC=C(c2ccccc2)N1. The van der Waals surface area contributed by atoms with Gasteiger partial charge in [0.2, 0.25) is 0 Å². The molecule has 0 fully saturated rings. The van der Waals surface area contributed by atoms with Crippen molar-refractivity contribution in [1.29, 1.82) is 5.26 Å². The second-order valence-corrected chi connectivity index (χ2v) is 4.47. The molecule has 17 heavy (non-hydrogen) atoms. The van der Waals surface area contributed by atoms with Crippen molar-refractivity contribution in [2.45, 2.75) is 20.3 Å². The van der Waals surface area contributed by atoms with Crippen molar-refractivity contribution in [3.05, 3.63) is 53.2 Å². The Morgan fingerprint density at radius 3 is 2.53 bits per heavy atom. The average molecular weight is 224 g/mol. The van der Waals surface area contributed by atoms with E-state index < -0.39 is 0 Å². The molecule has 1 aromatic rings. The van der Waals surface area contributed by atoms with Crippen molar-refractivity contribution in [2.75, 3.05) is 0 Å². The molecular weight excluding hydrogens is 208 g/mol. The van der Waals surface area contributed by atoms with Crippen LogP contribution in [0.4, 0.5) is 0 Å². The lowest BCUT2D eigenvalue weighted by Crippen LogP contribution is -2.21. The molecule has 0 aromatic heterocycles. The van der Waals surface area contributed by atoms with E-state index in [2.05, 4.69) is 43.4 Å². The van der Waals surface area contributed by atoms with Crippen LogP contribution in [-0.2, 0) is 0 Å². The lowest BCUT2D eigenvalue weighted by atomic mass is 9.97. The fraction of sp³-hybridized carbons (Fsp3) is 0.267. The molecule has 0 atom stereocenters. The van der Waals surface area contributed by atoms with Gasteiger partial charge in [-0.25, -0.2) is 0 Å². The highest BCUT2D eigenvalue weighted by Gasteiger charge is 2.16. The van der Waals surface area contributed by atoms with E-state index in [9.17, 15) is 0 Å². The molecule has 0 radical (unpaired) electrons. The molecule has 86 valence electrons. The second-order valence-electron chi connectivity index (χ2n) is 4.47. The summed E-state index contributed by atoms with van der Waals surface area (Å²) >= 11 is 0. The van der Waals surface area contributed by atoms with Crippen molar-refractivity contribution < 1.29 is 0 Å². The van der Waals surface area contributed by atoms with E-state index in [1.165, 1.54) is 5.56 Å². The van der Waals surface area contributed by atoms with E-state index >= 15 is 0 Å². The molecule has 1 aliphatic rings. The molecule has 0 bridgehead atoms. The third kappa shape index (κ3) is 2.39. The fourth-order valence-electron chi connectivity index (χ4n) is 1.99. The first-order chi connectivity index (χ1) is 8.22. The van der Waals surface area contributed by atoms with Crippen LogP contribution in [0, 0.1) is 17.2 Å². The molecule has 2 nitrogen and oxygen atoms in total. The van der Waals surface area contributed by atoms with Crippen LogP contribution in [0.1, 0.15) is 25.8 Å². The smallest absolute Gasteiger partial charge is 0.0968 e. The van der Waals surface area contributed by atoms with Crippen LogP contribution >= 0.6 is 0 Å². The Bertz CT molecular complexity index is 501. The third-order valence-corrected chi connectivity index (χ3v) is 2.90. The summed E-state index contributed by atoms with van der Waals surface area (Å²) in [5.41, 5.74) is 4.17. The van der Waals surface area contributed by atoms with E-state index in [1.54, 1.807) is 0 Å². The van der Waals surface area contributed by atoms with E-state index in [0.717, 1.165) is 23.4 Å². The highest BCUT2D eigenvalue weighted by atomic mass is 14.9. The summed E-state index contributed by atoms with van der Waals surface area (Å²) in [5.74, 6) is 0.345. The monoisotopic (exact) mass is 224 g/mol. The maximum atomic E-state index is 9.09. The molecule has 0 aliphatic carbocycles. The number of rotatable bonds is 2. The summed E-state index contributed by atoms with van der Waals surface area (Å²) in [6.07, 6.45) is 2.81. The Hall–Kier alpha value is -2.01. The number of hydrogen-bond donors (Lipinski definition) is 1. The van der Waals surface area contributed by atoms with E-state index in [0.29, 0.717) is 5.92 Å². The van der Waals surface area contributed by atoms with E-state index in [-0.39, 0.29) is 0 Å². The van der Waals surface area contributed by atoms with Gasteiger partial charge in [-0.05, 0) is 11.5 Å². The highest BCUT2D eigenvalue weighted by Crippen LogP contribution is 2.25. The van der Waals surface area contributed by atoms with E-state index in [4.69, 9.17) is 5.26 Å². The Morgan fingerprint density at radius 2 is 1.94 bits per heavy atom. The number of allylic oxidation sites excluding steroid dienone is 3. The minimum Gasteiger partial charge on any atom is -0.358 e. The number of nitriles is 1. The number of hydrogen-bond acceptors (Lipinski definition) is 2. The summed E-state index contributed by atoms with van der Waals surface area (Å²) in [5, 5.41) is 12.5. The average Bonchev–Trinajstić information content (AvgIpc) is 2.39. The van der Waals surface area contributed by atoms with Gasteiger partial charge in [-0.2, -0.15) is 5.26 Å². The van der Waals surface area contributed by atoms with Gasteiger partial charge < -0.3 is 5.32 Å². The molecule has 2 rings (SSSR count). The predicted octanol–water partition coefficient (Wildman–Crippen LogP) is 3.45. The molecule has 1 aromatic carbocycles. The minimum atomic E-state index is 0.345. The van der Waals surface area contributed by atoms with Crippen molar-refractivity contribution in [2.24, 2.45) is 5.92 Å². The van der Waals surface area contributed by atoms with Gasteiger partial charge in [0.05, 0.1) is 11.6 Å². The molecular formula is C15H16N2. The van der Waals surface area contributed by atoms with Crippen LogP contribution in [0.5, 0.6) is 0 Å². The molecule has 0 unspecified atom stereocenters. The van der Waals surface area contributed by atoms with Gasteiger partial charge in [-0.1, -0.05) is 50.3 Å². The first kappa shape index (κ1) is 11.5. The van der Waals surface area contributed by atoms with Crippen LogP contribution in [0.25, 0.3) is 5.70 Å².